The third-order valence-corrected chi connectivity index (χ3v) is 2.35. The summed E-state index contributed by atoms with van der Waals surface area (Å²) >= 11 is 8.79. The van der Waals surface area contributed by atoms with Crippen molar-refractivity contribution in [2.24, 2.45) is 0 Å². The Morgan fingerprint density at radius 3 is 2.82 bits per heavy atom. The van der Waals surface area contributed by atoms with E-state index in [1.807, 2.05) is 25.1 Å². The van der Waals surface area contributed by atoms with Gasteiger partial charge < -0.3 is 4.74 Å². The molecule has 0 saturated carbocycles. The first-order valence-electron chi connectivity index (χ1n) is 3.19. The number of rotatable bonds is 2. The average Bonchev–Trinajstić information content (AvgIpc) is 1.98. The van der Waals surface area contributed by atoms with Crippen LogP contribution in [0.3, 0.4) is 0 Å². The van der Waals surface area contributed by atoms with Gasteiger partial charge in [0.05, 0.1) is 0 Å². The van der Waals surface area contributed by atoms with Crippen LogP contribution in [0, 0.1) is 6.92 Å². The number of halogens is 2. The summed E-state index contributed by atoms with van der Waals surface area (Å²) in [5.41, 5.74) is 1.15. The number of alkyl halides is 1. The van der Waals surface area contributed by atoms with Crippen LogP contribution in [0.5, 0.6) is 5.75 Å². The lowest BCUT2D eigenvalue weighted by Gasteiger charge is -2.03. The van der Waals surface area contributed by atoms with Crippen LogP contribution in [-0.2, 0) is 0 Å². The van der Waals surface area contributed by atoms with Crippen LogP contribution in [-0.4, -0.2) is 6.07 Å². The van der Waals surface area contributed by atoms with Gasteiger partial charge in [-0.2, -0.15) is 0 Å². The molecule has 0 N–H and O–H groups in total. The molecule has 0 aliphatic heterocycles. The van der Waals surface area contributed by atoms with E-state index in [0.717, 1.165) is 15.8 Å². The first-order chi connectivity index (χ1) is 5.24. The second kappa shape index (κ2) is 3.98. The Kier molecular flexibility index (Phi) is 3.21. The van der Waals surface area contributed by atoms with Gasteiger partial charge in [0.2, 0.25) is 0 Å². The summed E-state index contributed by atoms with van der Waals surface area (Å²) in [6.45, 7) is 2.01. The molecule has 0 atom stereocenters. The molecule has 0 aromatic heterocycles. The summed E-state index contributed by atoms with van der Waals surface area (Å²) in [7, 11) is 0. The van der Waals surface area contributed by atoms with E-state index >= 15 is 0 Å². The molecule has 1 rings (SSSR count). The molecule has 0 aliphatic carbocycles. The molecule has 1 aromatic rings. The van der Waals surface area contributed by atoms with Crippen molar-refractivity contribution in [1.82, 2.24) is 0 Å². The topological polar surface area (TPSA) is 9.23 Å². The van der Waals surface area contributed by atoms with Crippen molar-refractivity contribution in [3.8, 4) is 5.75 Å². The summed E-state index contributed by atoms with van der Waals surface area (Å²) in [4.78, 5) is 0. The standard InChI is InChI=1S/C8H8BrClO/c1-6-4-7(11-5-10)2-3-8(6)9/h2-4H,5H2,1H3. The third kappa shape index (κ3) is 2.38. The molecule has 60 valence electrons. The quantitative estimate of drug-likeness (QED) is 0.715. The average molecular weight is 236 g/mol. The Hall–Kier alpha value is -0.210. The van der Waals surface area contributed by atoms with Gasteiger partial charge in [0.25, 0.3) is 0 Å². The SMILES string of the molecule is Cc1cc(OCCl)ccc1Br. The first-order valence-corrected chi connectivity index (χ1v) is 4.51. The van der Waals surface area contributed by atoms with Crippen LogP contribution >= 0.6 is 27.5 Å². The molecule has 1 nitrogen and oxygen atoms in total. The summed E-state index contributed by atoms with van der Waals surface area (Å²) < 4.78 is 6.17. The number of benzene rings is 1. The molecule has 0 amide bonds. The smallest absolute Gasteiger partial charge is 0.162 e. The maximum Gasteiger partial charge on any atom is 0.162 e. The summed E-state index contributed by atoms with van der Waals surface area (Å²) in [6, 6.07) is 5.95. The zero-order chi connectivity index (χ0) is 8.27. The van der Waals surface area contributed by atoms with Gasteiger partial charge >= 0.3 is 0 Å². The van der Waals surface area contributed by atoms with E-state index < -0.39 is 0 Å². The molecule has 0 spiro atoms. The maximum atomic E-state index is 5.39. The molecule has 0 saturated heterocycles. The molecule has 11 heavy (non-hydrogen) atoms. The molecule has 1 aromatic carbocycles. The van der Waals surface area contributed by atoms with Crippen molar-refractivity contribution < 1.29 is 4.74 Å². The zero-order valence-corrected chi connectivity index (χ0v) is 8.45. The van der Waals surface area contributed by atoms with E-state index in [2.05, 4.69) is 15.9 Å². The van der Waals surface area contributed by atoms with Gasteiger partial charge in [-0.25, -0.2) is 0 Å². The number of aryl methyl sites for hydroxylation is 1. The minimum Gasteiger partial charge on any atom is -0.478 e. The first kappa shape index (κ1) is 8.88. The van der Waals surface area contributed by atoms with Crippen molar-refractivity contribution in [2.45, 2.75) is 6.92 Å². The molecule has 0 heterocycles. The van der Waals surface area contributed by atoms with Crippen LogP contribution < -0.4 is 4.74 Å². The number of hydrogen-bond acceptors (Lipinski definition) is 1. The Morgan fingerprint density at radius 2 is 2.27 bits per heavy atom. The molecule has 3 heteroatoms. The summed E-state index contributed by atoms with van der Waals surface area (Å²) in [6.07, 6.45) is 0. The molecule has 0 aliphatic rings. The zero-order valence-electron chi connectivity index (χ0n) is 6.10. The molecule has 0 unspecified atom stereocenters. The van der Waals surface area contributed by atoms with Crippen molar-refractivity contribution in [3.63, 3.8) is 0 Å². The van der Waals surface area contributed by atoms with Gasteiger partial charge in [0, 0.05) is 4.47 Å². The van der Waals surface area contributed by atoms with Crippen LogP contribution in [0.4, 0.5) is 0 Å². The van der Waals surface area contributed by atoms with Crippen LogP contribution in [0.1, 0.15) is 5.56 Å². The van der Waals surface area contributed by atoms with Gasteiger partial charge in [0.1, 0.15) is 5.75 Å². The Balaban J connectivity index is 2.86. The van der Waals surface area contributed by atoms with Gasteiger partial charge in [-0.3, -0.25) is 0 Å². The predicted molar refractivity (Wildman–Crippen MR) is 50.2 cm³/mol. The molecular formula is C8H8BrClO. The van der Waals surface area contributed by atoms with Crippen molar-refractivity contribution >= 4 is 27.5 Å². The van der Waals surface area contributed by atoms with Crippen molar-refractivity contribution in [1.29, 1.82) is 0 Å². The molecule has 0 radical (unpaired) electrons. The fourth-order valence-corrected chi connectivity index (χ4v) is 1.14. The highest BCUT2D eigenvalue weighted by molar-refractivity contribution is 9.10. The van der Waals surface area contributed by atoms with E-state index in [0.29, 0.717) is 0 Å². The third-order valence-electron chi connectivity index (χ3n) is 1.35. The molecule has 0 fully saturated rings. The van der Waals surface area contributed by atoms with E-state index in [1.54, 1.807) is 0 Å². The molecule has 0 bridgehead atoms. The van der Waals surface area contributed by atoms with Crippen LogP contribution in [0.15, 0.2) is 22.7 Å². The van der Waals surface area contributed by atoms with E-state index in [9.17, 15) is 0 Å². The Labute approximate surface area is 79.4 Å². The summed E-state index contributed by atoms with van der Waals surface area (Å²) in [5, 5.41) is 0. The van der Waals surface area contributed by atoms with Crippen LogP contribution in [0.25, 0.3) is 0 Å². The van der Waals surface area contributed by atoms with E-state index in [1.165, 1.54) is 0 Å². The highest BCUT2D eigenvalue weighted by atomic mass is 79.9. The second-order valence-electron chi connectivity index (χ2n) is 2.16. The van der Waals surface area contributed by atoms with Gasteiger partial charge in [-0.15, -0.1) is 0 Å². The monoisotopic (exact) mass is 234 g/mol. The summed E-state index contributed by atoms with van der Waals surface area (Å²) in [5.74, 6) is 0.806. The lowest BCUT2D eigenvalue weighted by atomic mass is 10.2. The predicted octanol–water partition coefficient (Wildman–Crippen LogP) is 3.33. The van der Waals surface area contributed by atoms with Crippen LogP contribution in [0.2, 0.25) is 0 Å². The Bertz CT molecular complexity index is 250. The minimum absolute atomic E-state index is 0.196. The molecular weight excluding hydrogens is 227 g/mol. The fourth-order valence-electron chi connectivity index (χ4n) is 0.770. The van der Waals surface area contributed by atoms with E-state index in [-0.39, 0.29) is 6.07 Å². The van der Waals surface area contributed by atoms with Crippen molar-refractivity contribution in [3.05, 3.63) is 28.2 Å². The van der Waals surface area contributed by atoms with Crippen molar-refractivity contribution in [2.75, 3.05) is 6.07 Å². The number of hydrogen-bond donors (Lipinski definition) is 0. The highest BCUT2D eigenvalue weighted by Crippen LogP contribution is 2.21. The van der Waals surface area contributed by atoms with Gasteiger partial charge in [-0.05, 0) is 30.7 Å². The Morgan fingerprint density at radius 1 is 1.55 bits per heavy atom. The maximum absolute atomic E-state index is 5.39. The normalized spacial score (nSPS) is 9.73. The van der Waals surface area contributed by atoms with Gasteiger partial charge in [0.15, 0.2) is 6.07 Å². The van der Waals surface area contributed by atoms with Gasteiger partial charge in [-0.1, -0.05) is 27.5 Å². The lowest BCUT2D eigenvalue weighted by Crippen LogP contribution is -1.89. The number of ether oxygens (including phenoxy) is 1. The van der Waals surface area contributed by atoms with E-state index in [4.69, 9.17) is 16.3 Å². The second-order valence-corrected chi connectivity index (χ2v) is 3.24. The minimum atomic E-state index is 0.196. The fraction of sp³-hybridized carbons (Fsp3) is 0.250. The largest absolute Gasteiger partial charge is 0.478 e. The highest BCUT2D eigenvalue weighted by Gasteiger charge is 1.96. The lowest BCUT2D eigenvalue weighted by molar-refractivity contribution is 0.387.